The molecule has 1 fully saturated rings. The van der Waals surface area contributed by atoms with Gasteiger partial charge in [-0.3, -0.25) is 14.5 Å². The third-order valence-electron chi connectivity index (χ3n) is 6.12. The minimum atomic E-state index is -0.556. The molecule has 1 heterocycles. The van der Waals surface area contributed by atoms with Gasteiger partial charge in [0.25, 0.3) is 0 Å². The van der Waals surface area contributed by atoms with Gasteiger partial charge in [-0.1, -0.05) is 79.9 Å². The third-order valence-corrected chi connectivity index (χ3v) is 6.12. The fourth-order valence-corrected chi connectivity index (χ4v) is 4.40. The summed E-state index contributed by atoms with van der Waals surface area (Å²) >= 11 is 0. The van der Waals surface area contributed by atoms with E-state index >= 15 is 0 Å². The Morgan fingerprint density at radius 3 is 2.23 bits per heavy atom. The summed E-state index contributed by atoms with van der Waals surface area (Å²) in [5.41, 5.74) is 1.85. The first-order valence-corrected chi connectivity index (χ1v) is 11.0. The number of Topliss-reactive ketones (excluding diaryl/α,β-unsaturated/α-hetero) is 2. The summed E-state index contributed by atoms with van der Waals surface area (Å²) < 4.78 is 5.55. The van der Waals surface area contributed by atoms with Crippen LogP contribution in [0.2, 0.25) is 0 Å². The van der Waals surface area contributed by atoms with Crippen molar-refractivity contribution >= 4 is 17.7 Å². The molecule has 1 aliphatic heterocycles. The van der Waals surface area contributed by atoms with Gasteiger partial charge in [0.1, 0.15) is 6.61 Å². The number of hydrogen-bond acceptors (Lipinski definition) is 4. The topological polar surface area (TPSA) is 63.7 Å². The largest absolute Gasteiger partial charge is 0.444 e. The molecule has 1 unspecified atom stereocenters. The monoisotopic (exact) mass is 417 g/mol. The maximum absolute atomic E-state index is 13.1. The van der Waals surface area contributed by atoms with Crippen molar-refractivity contribution in [1.29, 1.82) is 0 Å². The Bertz CT molecular complexity index is 961. The van der Waals surface area contributed by atoms with E-state index in [0.29, 0.717) is 0 Å². The van der Waals surface area contributed by atoms with Crippen LogP contribution in [-0.4, -0.2) is 22.6 Å². The van der Waals surface area contributed by atoms with Crippen LogP contribution in [0.4, 0.5) is 4.79 Å². The summed E-state index contributed by atoms with van der Waals surface area (Å²) in [6, 6.07) is 18.4. The van der Waals surface area contributed by atoms with Gasteiger partial charge < -0.3 is 4.74 Å². The van der Waals surface area contributed by atoms with Crippen LogP contribution in [0.1, 0.15) is 55.7 Å². The molecular weight excluding hydrogens is 390 g/mol. The number of carbonyl (C=O) groups excluding carboxylic acids is 3. The van der Waals surface area contributed by atoms with E-state index in [4.69, 9.17) is 4.74 Å². The van der Waals surface area contributed by atoms with Crippen LogP contribution >= 0.6 is 0 Å². The van der Waals surface area contributed by atoms with E-state index in [2.05, 4.69) is 0 Å². The average Bonchev–Trinajstić information content (AvgIpc) is 2.83. The van der Waals surface area contributed by atoms with Crippen LogP contribution in [0.3, 0.4) is 0 Å². The molecule has 31 heavy (non-hydrogen) atoms. The molecule has 2 aliphatic rings. The molecular formula is C26H27NO4. The Hall–Kier alpha value is -3.21. The molecule has 0 aromatic heterocycles. The third kappa shape index (κ3) is 4.93. The lowest BCUT2D eigenvalue weighted by Gasteiger charge is -2.33. The smallest absolute Gasteiger partial charge is 0.414 e. The second-order valence-electron chi connectivity index (χ2n) is 8.24. The number of nitrogens with zero attached hydrogens (tertiary/aromatic N) is 1. The van der Waals surface area contributed by atoms with E-state index < -0.39 is 12.1 Å². The van der Waals surface area contributed by atoms with Crippen LogP contribution in [0.15, 0.2) is 72.4 Å². The van der Waals surface area contributed by atoms with Gasteiger partial charge in [-0.25, -0.2) is 4.79 Å². The van der Waals surface area contributed by atoms with E-state index in [1.54, 1.807) is 0 Å². The average molecular weight is 418 g/mol. The lowest BCUT2D eigenvalue weighted by atomic mass is 9.81. The molecule has 5 nitrogen and oxygen atoms in total. The van der Waals surface area contributed by atoms with Crippen molar-refractivity contribution in [2.24, 2.45) is 5.92 Å². The molecule has 0 spiro atoms. The first-order valence-electron chi connectivity index (χ1n) is 11.0. The molecule has 5 heteroatoms. The summed E-state index contributed by atoms with van der Waals surface area (Å²) in [6.07, 6.45) is 5.72. The number of ether oxygens (including phenoxy) is 1. The Kier molecular flexibility index (Phi) is 6.60. The highest BCUT2D eigenvalue weighted by Gasteiger charge is 2.37. The van der Waals surface area contributed by atoms with E-state index in [9.17, 15) is 14.4 Å². The first kappa shape index (κ1) is 21.0. The van der Waals surface area contributed by atoms with Gasteiger partial charge >= 0.3 is 6.09 Å². The summed E-state index contributed by atoms with van der Waals surface area (Å²) in [6.45, 7) is 0.130. The molecule has 0 saturated heterocycles. The number of ketones is 2. The number of amides is 1. The van der Waals surface area contributed by atoms with Crippen LogP contribution < -0.4 is 0 Å². The van der Waals surface area contributed by atoms with Gasteiger partial charge in [0.2, 0.25) is 0 Å². The van der Waals surface area contributed by atoms with Crippen molar-refractivity contribution in [3.63, 3.8) is 0 Å². The summed E-state index contributed by atoms with van der Waals surface area (Å²) in [5.74, 6) is -0.451. The Labute approximate surface area is 182 Å². The zero-order valence-electron chi connectivity index (χ0n) is 17.5. The highest BCUT2D eigenvalue weighted by Crippen LogP contribution is 2.34. The van der Waals surface area contributed by atoms with Crippen LogP contribution in [-0.2, 0) is 20.9 Å². The van der Waals surface area contributed by atoms with Crippen molar-refractivity contribution in [2.75, 3.05) is 0 Å². The molecule has 4 rings (SSSR count). The number of rotatable bonds is 5. The van der Waals surface area contributed by atoms with Crippen molar-refractivity contribution in [3.8, 4) is 0 Å². The summed E-state index contributed by atoms with van der Waals surface area (Å²) in [4.78, 5) is 40.5. The number of allylic oxidation sites excluding steroid dienone is 1. The fraction of sp³-hybridized carbons (Fsp3) is 0.346. The Morgan fingerprint density at radius 1 is 0.903 bits per heavy atom. The van der Waals surface area contributed by atoms with Crippen LogP contribution in [0.25, 0.3) is 0 Å². The van der Waals surface area contributed by atoms with Gasteiger partial charge in [-0.05, 0) is 24.0 Å². The minimum Gasteiger partial charge on any atom is -0.444 e. The zero-order chi connectivity index (χ0) is 21.6. The molecule has 0 bridgehead atoms. The molecule has 1 saturated carbocycles. The first-order chi connectivity index (χ1) is 15.1. The SMILES string of the molecule is O=C1CC(c2ccccc2)N(C(=O)OCc2ccccc2)C=C1C(=O)C1CCCCC1. The molecule has 1 aliphatic carbocycles. The van der Waals surface area contributed by atoms with E-state index in [-0.39, 0.29) is 36.1 Å². The van der Waals surface area contributed by atoms with Gasteiger partial charge in [0.05, 0.1) is 11.6 Å². The predicted molar refractivity (Wildman–Crippen MR) is 117 cm³/mol. The van der Waals surface area contributed by atoms with Crippen molar-refractivity contribution in [3.05, 3.63) is 83.6 Å². The quantitative estimate of drug-likeness (QED) is 0.613. The van der Waals surface area contributed by atoms with Crippen molar-refractivity contribution in [2.45, 2.75) is 51.2 Å². The second-order valence-corrected chi connectivity index (χ2v) is 8.24. The number of carbonyl (C=O) groups is 3. The fourth-order valence-electron chi connectivity index (χ4n) is 4.40. The molecule has 0 radical (unpaired) electrons. The normalized spacial score (nSPS) is 19.6. The number of hydrogen-bond donors (Lipinski definition) is 0. The van der Waals surface area contributed by atoms with Gasteiger partial charge in [-0.15, -0.1) is 0 Å². The lowest BCUT2D eigenvalue weighted by Crippen LogP contribution is -2.39. The maximum atomic E-state index is 13.1. The lowest BCUT2D eigenvalue weighted by molar-refractivity contribution is -0.125. The van der Waals surface area contributed by atoms with Crippen molar-refractivity contribution < 1.29 is 19.1 Å². The van der Waals surface area contributed by atoms with Gasteiger partial charge in [0.15, 0.2) is 11.6 Å². The standard InChI is InChI=1S/C26H27NO4/c28-24-16-23(20-12-6-2-7-13-20)27(26(30)31-18-19-10-4-1-5-11-19)17-22(24)25(29)21-14-8-3-9-15-21/h1-2,4-7,10-13,17,21,23H,3,8-9,14-16,18H2. The highest BCUT2D eigenvalue weighted by molar-refractivity contribution is 6.21. The van der Waals surface area contributed by atoms with Crippen LogP contribution in [0, 0.1) is 5.92 Å². The Morgan fingerprint density at radius 2 is 1.55 bits per heavy atom. The van der Waals surface area contributed by atoms with E-state index in [1.807, 2.05) is 60.7 Å². The zero-order valence-corrected chi connectivity index (χ0v) is 17.5. The highest BCUT2D eigenvalue weighted by atomic mass is 16.6. The van der Waals surface area contributed by atoms with E-state index in [1.165, 1.54) is 11.1 Å². The summed E-state index contributed by atoms with van der Waals surface area (Å²) in [7, 11) is 0. The van der Waals surface area contributed by atoms with Gasteiger partial charge in [-0.2, -0.15) is 0 Å². The molecule has 2 aromatic rings. The maximum Gasteiger partial charge on any atom is 0.414 e. The predicted octanol–water partition coefficient (Wildman–Crippen LogP) is 5.37. The van der Waals surface area contributed by atoms with Gasteiger partial charge in [0, 0.05) is 18.5 Å². The minimum absolute atomic E-state index is 0.0781. The molecule has 1 atom stereocenters. The second kappa shape index (κ2) is 9.73. The van der Waals surface area contributed by atoms with Crippen LogP contribution in [0.5, 0.6) is 0 Å². The summed E-state index contributed by atoms with van der Waals surface area (Å²) in [5, 5.41) is 0. The number of benzene rings is 2. The van der Waals surface area contributed by atoms with Crippen molar-refractivity contribution in [1.82, 2.24) is 4.90 Å². The Balaban J connectivity index is 1.60. The van der Waals surface area contributed by atoms with E-state index in [0.717, 1.165) is 43.2 Å². The molecule has 2 aromatic carbocycles. The molecule has 1 amide bonds. The molecule has 0 N–H and O–H groups in total. The molecule has 160 valence electrons.